The lowest BCUT2D eigenvalue weighted by atomic mass is 10.2. The van der Waals surface area contributed by atoms with Gasteiger partial charge in [-0.05, 0) is 25.1 Å². The summed E-state index contributed by atoms with van der Waals surface area (Å²) in [6.07, 6.45) is 3.01. The fraction of sp³-hybridized carbons (Fsp3) is 0.154. The van der Waals surface area contributed by atoms with Crippen molar-refractivity contribution in [2.24, 2.45) is 0 Å². The van der Waals surface area contributed by atoms with Crippen LogP contribution in [0.2, 0.25) is 5.02 Å². The number of aromatic nitrogens is 2. The number of hydrogen-bond donors (Lipinski definition) is 2. The molecule has 2 N–H and O–H groups in total. The Kier molecular flexibility index (Phi) is 4.37. The van der Waals surface area contributed by atoms with Crippen LogP contribution in [0.1, 0.15) is 17.3 Å². The lowest BCUT2D eigenvalue weighted by Crippen LogP contribution is -2.01. The maximum absolute atomic E-state index is 11.0. The Morgan fingerprint density at radius 3 is 2.95 bits per heavy atom. The lowest BCUT2D eigenvalue weighted by Gasteiger charge is -2.08. The van der Waals surface area contributed by atoms with Crippen LogP contribution in [0.3, 0.4) is 0 Å². The van der Waals surface area contributed by atoms with Gasteiger partial charge >= 0.3 is 5.97 Å². The summed E-state index contributed by atoms with van der Waals surface area (Å²) >= 11 is 5.80. The van der Waals surface area contributed by atoms with Gasteiger partial charge in [-0.1, -0.05) is 11.6 Å². The molecule has 0 atom stereocenters. The third-order valence-electron chi connectivity index (χ3n) is 2.37. The van der Waals surface area contributed by atoms with E-state index in [0.717, 1.165) is 0 Å². The van der Waals surface area contributed by atoms with Crippen LogP contribution >= 0.6 is 11.6 Å². The summed E-state index contributed by atoms with van der Waals surface area (Å²) in [7, 11) is 0. The lowest BCUT2D eigenvalue weighted by molar-refractivity contribution is 0.0697. The molecular weight excluding hydrogens is 282 g/mol. The number of rotatable bonds is 5. The number of carboxylic acid groups (broad SMARTS) is 1. The number of carbonyl (C=O) groups is 1. The van der Waals surface area contributed by atoms with Gasteiger partial charge in [0.05, 0.1) is 29.6 Å². The van der Waals surface area contributed by atoms with E-state index >= 15 is 0 Å². The number of ether oxygens (including phenoxy) is 1. The molecule has 2 aromatic rings. The number of carboxylic acids is 1. The summed E-state index contributed by atoms with van der Waals surface area (Å²) in [4.78, 5) is 19.2. The molecule has 0 fully saturated rings. The third-order valence-corrected chi connectivity index (χ3v) is 2.70. The summed E-state index contributed by atoms with van der Waals surface area (Å²) in [6.45, 7) is 2.34. The van der Waals surface area contributed by atoms with E-state index in [-0.39, 0.29) is 10.6 Å². The van der Waals surface area contributed by atoms with Crippen molar-refractivity contribution in [1.82, 2.24) is 9.97 Å². The number of benzene rings is 1. The van der Waals surface area contributed by atoms with Gasteiger partial charge in [0.2, 0.25) is 5.88 Å². The minimum absolute atomic E-state index is 0.0191. The number of anilines is 2. The van der Waals surface area contributed by atoms with Crippen LogP contribution < -0.4 is 10.1 Å². The highest BCUT2D eigenvalue weighted by molar-refractivity contribution is 6.33. The molecule has 0 amide bonds. The van der Waals surface area contributed by atoms with Gasteiger partial charge in [-0.2, -0.15) is 4.98 Å². The van der Waals surface area contributed by atoms with Crippen LogP contribution in [0.15, 0.2) is 30.6 Å². The Bertz CT molecular complexity index is 634. The fourth-order valence-corrected chi connectivity index (χ4v) is 1.74. The van der Waals surface area contributed by atoms with Gasteiger partial charge in [0.1, 0.15) is 0 Å². The zero-order valence-electron chi connectivity index (χ0n) is 10.6. The Hall–Kier alpha value is -2.34. The summed E-state index contributed by atoms with van der Waals surface area (Å²) in [5.41, 5.74) is 0.570. The first-order valence-electron chi connectivity index (χ1n) is 5.85. The van der Waals surface area contributed by atoms with Gasteiger partial charge < -0.3 is 15.2 Å². The first-order valence-corrected chi connectivity index (χ1v) is 6.22. The molecule has 0 aliphatic carbocycles. The van der Waals surface area contributed by atoms with Crippen LogP contribution in [0.25, 0.3) is 0 Å². The largest absolute Gasteiger partial charge is 0.478 e. The molecule has 0 aliphatic rings. The van der Waals surface area contributed by atoms with E-state index in [1.165, 1.54) is 24.5 Å². The van der Waals surface area contributed by atoms with E-state index in [0.29, 0.717) is 24.0 Å². The molecule has 0 unspecified atom stereocenters. The van der Waals surface area contributed by atoms with Gasteiger partial charge in [0.25, 0.3) is 0 Å². The van der Waals surface area contributed by atoms with Gasteiger partial charge in [-0.15, -0.1) is 0 Å². The van der Waals surface area contributed by atoms with Crippen LogP contribution in [-0.4, -0.2) is 27.7 Å². The molecule has 2 rings (SSSR count). The van der Waals surface area contributed by atoms with E-state index in [9.17, 15) is 4.79 Å². The topological polar surface area (TPSA) is 84.3 Å². The maximum atomic E-state index is 11.0. The van der Waals surface area contributed by atoms with Crippen molar-refractivity contribution in [3.63, 3.8) is 0 Å². The highest BCUT2D eigenvalue weighted by Crippen LogP contribution is 2.23. The molecule has 1 heterocycles. The normalized spacial score (nSPS) is 10.1. The van der Waals surface area contributed by atoms with E-state index in [2.05, 4.69) is 15.3 Å². The summed E-state index contributed by atoms with van der Waals surface area (Å²) in [6, 6.07) is 4.59. The maximum Gasteiger partial charge on any atom is 0.337 e. The van der Waals surface area contributed by atoms with E-state index < -0.39 is 5.97 Å². The number of nitrogens with zero attached hydrogens (tertiary/aromatic N) is 2. The minimum Gasteiger partial charge on any atom is -0.478 e. The molecule has 0 spiro atoms. The molecule has 0 aliphatic heterocycles. The monoisotopic (exact) mass is 293 g/mol. The first-order chi connectivity index (χ1) is 9.60. The van der Waals surface area contributed by atoms with Crippen LogP contribution in [0.5, 0.6) is 5.88 Å². The quantitative estimate of drug-likeness (QED) is 0.881. The Balaban J connectivity index is 2.23. The highest BCUT2D eigenvalue weighted by atomic mass is 35.5. The second-order valence-electron chi connectivity index (χ2n) is 3.80. The minimum atomic E-state index is -1.09. The van der Waals surface area contributed by atoms with Crippen LogP contribution in [0, 0.1) is 0 Å². The van der Waals surface area contributed by atoms with Crippen molar-refractivity contribution in [2.45, 2.75) is 6.92 Å². The molecule has 7 heteroatoms. The Labute approximate surface area is 120 Å². The number of nitrogens with one attached hydrogen (secondary N) is 1. The van der Waals surface area contributed by atoms with E-state index in [1.807, 2.05) is 6.92 Å². The summed E-state index contributed by atoms with van der Waals surface area (Å²) in [5, 5.41) is 12.1. The molecule has 0 saturated carbocycles. The van der Waals surface area contributed by atoms with Crippen molar-refractivity contribution in [3.05, 3.63) is 41.2 Å². The predicted molar refractivity (Wildman–Crippen MR) is 74.9 cm³/mol. The Morgan fingerprint density at radius 2 is 2.25 bits per heavy atom. The van der Waals surface area contributed by atoms with Crippen LogP contribution in [-0.2, 0) is 0 Å². The van der Waals surface area contributed by atoms with Gasteiger partial charge in [0.15, 0.2) is 5.82 Å². The fourth-order valence-electron chi connectivity index (χ4n) is 1.54. The van der Waals surface area contributed by atoms with Crippen molar-refractivity contribution in [1.29, 1.82) is 0 Å². The zero-order chi connectivity index (χ0) is 14.5. The number of aromatic carboxylic acids is 1. The van der Waals surface area contributed by atoms with E-state index in [4.69, 9.17) is 21.4 Å². The standard InChI is InChI=1S/C13H12ClN3O3/c1-2-20-12-7-15-6-11(17-12)16-8-3-4-10(14)9(5-8)13(18)19/h3-7H,2H2,1H3,(H,16,17)(H,18,19). The van der Waals surface area contributed by atoms with E-state index in [1.54, 1.807) is 6.07 Å². The van der Waals surface area contributed by atoms with Crippen LogP contribution in [0.4, 0.5) is 11.5 Å². The summed E-state index contributed by atoms with van der Waals surface area (Å²) < 4.78 is 5.24. The smallest absolute Gasteiger partial charge is 0.337 e. The molecular formula is C13H12ClN3O3. The molecule has 0 bridgehead atoms. The molecule has 1 aromatic carbocycles. The van der Waals surface area contributed by atoms with Crippen molar-refractivity contribution in [3.8, 4) is 5.88 Å². The van der Waals surface area contributed by atoms with Gasteiger partial charge in [-0.25, -0.2) is 4.79 Å². The van der Waals surface area contributed by atoms with Crippen molar-refractivity contribution in [2.75, 3.05) is 11.9 Å². The molecule has 104 valence electrons. The van der Waals surface area contributed by atoms with Crippen molar-refractivity contribution >= 4 is 29.1 Å². The SMILES string of the molecule is CCOc1cncc(Nc2ccc(Cl)c(C(=O)O)c2)n1. The zero-order valence-corrected chi connectivity index (χ0v) is 11.4. The average molecular weight is 294 g/mol. The number of halogens is 1. The number of hydrogen-bond acceptors (Lipinski definition) is 5. The van der Waals surface area contributed by atoms with Crippen molar-refractivity contribution < 1.29 is 14.6 Å². The molecule has 0 radical (unpaired) electrons. The predicted octanol–water partition coefficient (Wildman–Crippen LogP) is 2.97. The molecule has 20 heavy (non-hydrogen) atoms. The summed E-state index contributed by atoms with van der Waals surface area (Å²) in [5.74, 6) is -0.243. The highest BCUT2D eigenvalue weighted by Gasteiger charge is 2.10. The van der Waals surface area contributed by atoms with Gasteiger partial charge in [0, 0.05) is 5.69 Å². The second kappa shape index (κ2) is 6.21. The first kappa shape index (κ1) is 14.1. The molecule has 0 saturated heterocycles. The van der Waals surface area contributed by atoms with Gasteiger partial charge in [-0.3, -0.25) is 4.98 Å². The molecule has 1 aromatic heterocycles. The molecule has 6 nitrogen and oxygen atoms in total. The Morgan fingerprint density at radius 1 is 1.45 bits per heavy atom. The third kappa shape index (κ3) is 3.36. The second-order valence-corrected chi connectivity index (χ2v) is 4.21. The average Bonchev–Trinajstić information content (AvgIpc) is 2.41.